The molecule has 0 bridgehead atoms. The van der Waals surface area contributed by atoms with Crippen LogP contribution in [-0.4, -0.2) is 6.54 Å². The number of nitrogen functional groups attached to an aromatic ring is 1. The minimum absolute atomic E-state index is 0.858. The number of nitrogens with two attached hydrogens (primary N) is 1. The van der Waals surface area contributed by atoms with E-state index < -0.39 is 0 Å². The highest BCUT2D eigenvalue weighted by atomic mass is 32.1. The third-order valence-corrected chi connectivity index (χ3v) is 4.24. The minimum atomic E-state index is 0.858. The van der Waals surface area contributed by atoms with Crippen LogP contribution in [0.5, 0.6) is 0 Å². The number of benzene rings is 1. The van der Waals surface area contributed by atoms with Gasteiger partial charge in [0, 0.05) is 17.1 Å². The fraction of sp³-hybridized carbons (Fsp3) is 0.375. The molecule has 0 unspecified atom stereocenters. The van der Waals surface area contributed by atoms with Crippen LogP contribution in [0, 0.1) is 0 Å². The monoisotopic (exact) mass is 274 g/mol. The lowest BCUT2D eigenvalue weighted by Crippen LogP contribution is -2.15. The number of aryl methyl sites for hydroxylation is 2. The van der Waals surface area contributed by atoms with E-state index in [4.69, 9.17) is 5.73 Å². The molecule has 1 aromatic carbocycles. The maximum Gasteiger partial charge on any atom is 0.0316 e. The molecule has 3 heteroatoms. The van der Waals surface area contributed by atoms with Crippen LogP contribution < -0.4 is 11.1 Å². The fourth-order valence-corrected chi connectivity index (χ4v) is 3.15. The smallest absolute Gasteiger partial charge is 0.0316 e. The minimum Gasteiger partial charge on any atom is -0.399 e. The van der Waals surface area contributed by atoms with Gasteiger partial charge in [-0.05, 0) is 60.5 Å². The lowest BCUT2D eigenvalue weighted by atomic mass is 10.1. The van der Waals surface area contributed by atoms with Crippen molar-refractivity contribution in [3.63, 3.8) is 0 Å². The molecule has 0 amide bonds. The van der Waals surface area contributed by atoms with Gasteiger partial charge in [-0.1, -0.05) is 19.1 Å². The van der Waals surface area contributed by atoms with Crippen molar-refractivity contribution >= 4 is 17.0 Å². The van der Waals surface area contributed by atoms with Gasteiger partial charge in [0.15, 0.2) is 0 Å². The lowest BCUT2D eigenvalue weighted by molar-refractivity contribution is 0.652. The van der Waals surface area contributed by atoms with Crippen molar-refractivity contribution in [2.24, 2.45) is 0 Å². The third-order valence-electron chi connectivity index (χ3n) is 3.27. The van der Waals surface area contributed by atoms with Gasteiger partial charge in [0.05, 0.1) is 0 Å². The molecular weight excluding hydrogens is 252 g/mol. The number of hydrogen-bond acceptors (Lipinski definition) is 3. The third kappa shape index (κ3) is 4.37. The molecule has 3 N–H and O–H groups in total. The molecule has 1 aromatic heterocycles. The van der Waals surface area contributed by atoms with E-state index in [2.05, 4.69) is 35.8 Å². The standard InChI is InChI=1S/C16H22N2S/c1-2-14-8-10-19-16(14)12-18-9-4-6-13-5-3-7-15(17)11-13/h3,5,7-8,10-11,18H,2,4,6,9,12,17H2,1H3. The average Bonchev–Trinajstić information content (AvgIpc) is 2.86. The van der Waals surface area contributed by atoms with Gasteiger partial charge in [0.1, 0.15) is 0 Å². The summed E-state index contributed by atoms with van der Waals surface area (Å²) in [5, 5.41) is 5.71. The molecule has 2 nitrogen and oxygen atoms in total. The molecule has 0 aliphatic carbocycles. The molecule has 1 heterocycles. The summed E-state index contributed by atoms with van der Waals surface area (Å²) in [5.74, 6) is 0. The van der Waals surface area contributed by atoms with Gasteiger partial charge in [-0.2, -0.15) is 0 Å². The van der Waals surface area contributed by atoms with Gasteiger partial charge in [-0.3, -0.25) is 0 Å². The van der Waals surface area contributed by atoms with E-state index in [1.54, 1.807) is 0 Å². The van der Waals surface area contributed by atoms with E-state index in [1.807, 2.05) is 23.5 Å². The molecule has 0 radical (unpaired) electrons. The van der Waals surface area contributed by atoms with Crippen LogP contribution in [0.15, 0.2) is 35.7 Å². The predicted molar refractivity (Wildman–Crippen MR) is 84.6 cm³/mol. The van der Waals surface area contributed by atoms with Gasteiger partial charge in [-0.15, -0.1) is 11.3 Å². The summed E-state index contributed by atoms with van der Waals surface area (Å²) in [4.78, 5) is 1.48. The number of hydrogen-bond donors (Lipinski definition) is 2. The lowest BCUT2D eigenvalue weighted by Gasteiger charge is -2.06. The maximum atomic E-state index is 5.77. The van der Waals surface area contributed by atoms with E-state index in [-0.39, 0.29) is 0 Å². The topological polar surface area (TPSA) is 38.0 Å². The highest BCUT2D eigenvalue weighted by molar-refractivity contribution is 7.10. The number of anilines is 1. The second kappa shape index (κ2) is 7.31. The van der Waals surface area contributed by atoms with Gasteiger partial charge in [0.2, 0.25) is 0 Å². The zero-order valence-electron chi connectivity index (χ0n) is 11.5. The summed E-state index contributed by atoms with van der Waals surface area (Å²) in [7, 11) is 0. The summed E-state index contributed by atoms with van der Waals surface area (Å²) >= 11 is 1.85. The molecule has 102 valence electrons. The molecule has 0 fully saturated rings. The molecule has 19 heavy (non-hydrogen) atoms. The van der Waals surface area contributed by atoms with Gasteiger partial charge >= 0.3 is 0 Å². The van der Waals surface area contributed by atoms with Crippen LogP contribution >= 0.6 is 11.3 Å². The largest absolute Gasteiger partial charge is 0.399 e. The van der Waals surface area contributed by atoms with E-state index >= 15 is 0 Å². The van der Waals surface area contributed by atoms with Crippen LogP contribution in [-0.2, 0) is 19.4 Å². The molecule has 0 spiro atoms. The Balaban J connectivity index is 1.67. The second-order valence-corrected chi connectivity index (χ2v) is 5.75. The van der Waals surface area contributed by atoms with Gasteiger partial charge in [0.25, 0.3) is 0 Å². The van der Waals surface area contributed by atoms with Crippen LogP contribution in [0.2, 0.25) is 0 Å². The Hall–Kier alpha value is -1.32. The molecule has 0 saturated heterocycles. The summed E-state index contributed by atoms with van der Waals surface area (Å²) in [6, 6.07) is 10.4. The molecule has 2 aromatic rings. The molecule has 0 atom stereocenters. The number of nitrogens with one attached hydrogen (secondary N) is 1. The summed E-state index contributed by atoms with van der Waals surface area (Å²) < 4.78 is 0. The Morgan fingerprint density at radius 1 is 1.26 bits per heavy atom. The zero-order valence-corrected chi connectivity index (χ0v) is 12.3. The van der Waals surface area contributed by atoms with E-state index in [9.17, 15) is 0 Å². The molecule has 2 rings (SSSR count). The SMILES string of the molecule is CCc1ccsc1CNCCCc1cccc(N)c1. The van der Waals surface area contributed by atoms with Crippen molar-refractivity contribution in [3.8, 4) is 0 Å². The predicted octanol–water partition coefficient (Wildman–Crippen LogP) is 3.62. The highest BCUT2D eigenvalue weighted by Gasteiger charge is 2.01. The van der Waals surface area contributed by atoms with Crippen molar-refractivity contribution in [1.29, 1.82) is 0 Å². The van der Waals surface area contributed by atoms with E-state index in [0.717, 1.165) is 38.0 Å². The van der Waals surface area contributed by atoms with Gasteiger partial charge in [-0.25, -0.2) is 0 Å². The second-order valence-electron chi connectivity index (χ2n) is 4.75. The van der Waals surface area contributed by atoms with Crippen molar-refractivity contribution in [1.82, 2.24) is 5.32 Å². The van der Waals surface area contributed by atoms with E-state index in [0.29, 0.717) is 0 Å². The Labute approximate surface area is 119 Å². The Kier molecular flexibility index (Phi) is 5.43. The van der Waals surface area contributed by atoms with E-state index in [1.165, 1.54) is 16.0 Å². The first-order chi connectivity index (χ1) is 9.29. The van der Waals surface area contributed by atoms with Crippen LogP contribution in [0.3, 0.4) is 0 Å². The zero-order chi connectivity index (χ0) is 13.5. The van der Waals surface area contributed by atoms with Crippen LogP contribution in [0.1, 0.15) is 29.3 Å². The summed E-state index contributed by atoms with van der Waals surface area (Å²) in [6.45, 7) is 4.26. The molecule has 0 aliphatic rings. The fourth-order valence-electron chi connectivity index (χ4n) is 2.21. The molecular formula is C16H22N2S. The quantitative estimate of drug-likeness (QED) is 0.598. The number of thiophene rings is 1. The van der Waals surface area contributed by atoms with Crippen molar-refractivity contribution < 1.29 is 0 Å². The highest BCUT2D eigenvalue weighted by Crippen LogP contribution is 2.16. The average molecular weight is 274 g/mol. The first-order valence-electron chi connectivity index (χ1n) is 6.90. The summed E-state index contributed by atoms with van der Waals surface area (Å²) in [5.41, 5.74) is 9.43. The Bertz CT molecular complexity index is 505. The number of rotatable bonds is 7. The van der Waals surface area contributed by atoms with Crippen molar-refractivity contribution in [2.45, 2.75) is 32.7 Å². The summed E-state index contributed by atoms with van der Waals surface area (Å²) in [6.07, 6.45) is 3.36. The first kappa shape index (κ1) is 14.1. The van der Waals surface area contributed by atoms with Crippen LogP contribution in [0.4, 0.5) is 5.69 Å². The van der Waals surface area contributed by atoms with Crippen LogP contribution in [0.25, 0.3) is 0 Å². The normalized spacial score (nSPS) is 10.8. The maximum absolute atomic E-state index is 5.77. The molecule has 0 saturated carbocycles. The van der Waals surface area contributed by atoms with Gasteiger partial charge < -0.3 is 11.1 Å². The Morgan fingerprint density at radius 2 is 2.16 bits per heavy atom. The first-order valence-corrected chi connectivity index (χ1v) is 7.78. The molecule has 0 aliphatic heterocycles. The van der Waals surface area contributed by atoms with Crippen molar-refractivity contribution in [3.05, 3.63) is 51.7 Å². The Morgan fingerprint density at radius 3 is 2.95 bits per heavy atom. The van der Waals surface area contributed by atoms with Crippen molar-refractivity contribution in [2.75, 3.05) is 12.3 Å².